The molecule has 1 amide bonds. The van der Waals surface area contributed by atoms with Crippen molar-refractivity contribution in [2.24, 2.45) is 0 Å². The number of thioether (sulfide) groups is 1. The van der Waals surface area contributed by atoms with E-state index < -0.39 is 0 Å². The van der Waals surface area contributed by atoms with Gasteiger partial charge in [0.15, 0.2) is 5.16 Å². The van der Waals surface area contributed by atoms with E-state index in [0.717, 1.165) is 41.6 Å². The zero-order chi connectivity index (χ0) is 17.1. The smallest absolute Gasteiger partial charge is 0.233 e. The third-order valence-corrected chi connectivity index (χ3v) is 5.70. The fourth-order valence-electron chi connectivity index (χ4n) is 3.24. The van der Waals surface area contributed by atoms with Crippen LogP contribution < -0.4 is 0 Å². The number of aryl methyl sites for hydroxylation is 1. The number of aromatic nitrogens is 2. The molecule has 2 heterocycles. The van der Waals surface area contributed by atoms with Gasteiger partial charge in [0.2, 0.25) is 5.91 Å². The first-order valence-corrected chi connectivity index (χ1v) is 9.60. The zero-order valence-electron chi connectivity index (χ0n) is 14.7. The van der Waals surface area contributed by atoms with Gasteiger partial charge >= 0.3 is 0 Å². The number of carbonyl (C=O) groups is 1. The molecule has 1 aromatic carbocycles. The first-order valence-electron chi connectivity index (χ1n) is 8.61. The second-order valence-electron chi connectivity index (χ2n) is 6.46. The van der Waals surface area contributed by atoms with Crippen LogP contribution in [0.1, 0.15) is 37.6 Å². The van der Waals surface area contributed by atoms with Gasteiger partial charge in [-0.1, -0.05) is 30.0 Å². The van der Waals surface area contributed by atoms with Crippen LogP contribution in [0.3, 0.4) is 0 Å². The summed E-state index contributed by atoms with van der Waals surface area (Å²) >= 11 is 1.54. The molecule has 1 aromatic heterocycles. The van der Waals surface area contributed by atoms with E-state index in [9.17, 15) is 4.79 Å². The molecule has 1 atom stereocenters. The van der Waals surface area contributed by atoms with Crippen molar-refractivity contribution in [3.8, 4) is 5.69 Å². The molecule has 1 fully saturated rings. The lowest BCUT2D eigenvalue weighted by Crippen LogP contribution is -2.42. The second kappa shape index (κ2) is 7.43. The number of piperidine rings is 1. The first kappa shape index (κ1) is 17.1. The molecule has 0 bridgehead atoms. The third kappa shape index (κ3) is 3.51. The Morgan fingerprint density at radius 3 is 2.71 bits per heavy atom. The van der Waals surface area contributed by atoms with Gasteiger partial charge < -0.3 is 4.90 Å². The molecule has 24 heavy (non-hydrogen) atoms. The number of hydrogen-bond acceptors (Lipinski definition) is 3. The normalized spacial score (nSPS) is 18.0. The van der Waals surface area contributed by atoms with Crippen LogP contribution >= 0.6 is 11.8 Å². The molecule has 0 N–H and O–H groups in total. The number of carbonyl (C=O) groups excluding carboxylic acids is 1. The monoisotopic (exact) mass is 343 g/mol. The molecule has 1 aliphatic rings. The third-order valence-electron chi connectivity index (χ3n) is 4.78. The summed E-state index contributed by atoms with van der Waals surface area (Å²) in [6, 6.07) is 10.6. The molecule has 3 rings (SSSR count). The first-order chi connectivity index (χ1) is 11.6. The lowest BCUT2D eigenvalue weighted by atomic mass is 10.0. The SMILES string of the molecule is Cc1nc(SCC(=O)N2CCCCC2C)n(-c2ccccc2)c1C. The Kier molecular flexibility index (Phi) is 5.29. The van der Waals surface area contributed by atoms with Gasteiger partial charge in [0.1, 0.15) is 0 Å². The van der Waals surface area contributed by atoms with Crippen LogP contribution in [0, 0.1) is 13.8 Å². The van der Waals surface area contributed by atoms with Crippen molar-refractivity contribution in [2.75, 3.05) is 12.3 Å². The van der Waals surface area contributed by atoms with Gasteiger partial charge in [-0.3, -0.25) is 9.36 Å². The van der Waals surface area contributed by atoms with E-state index in [1.807, 2.05) is 30.0 Å². The van der Waals surface area contributed by atoms with E-state index in [0.29, 0.717) is 11.8 Å². The van der Waals surface area contributed by atoms with E-state index in [1.165, 1.54) is 6.42 Å². The molecule has 1 aliphatic heterocycles. The fraction of sp³-hybridized carbons (Fsp3) is 0.474. The summed E-state index contributed by atoms with van der Waals surface area (Å²) in [4.78, 5) is 19.3. The predicted octanol–water partition coefficient (Wildman–Crippen LogP) is 3.98. The maximum absolute atomic E-state index is 12.6. The molecule has 0 spiro atoms. The Balaban J connectivity index is 1.76. The van der Waals surface area contributed by atoms with Gasteiger partial charge in [-0.15, -0.1) is 0 Å². The van der Waals surface area contributed by atoms with E-state index in [-0.39, 0.29) is 5.91 Å². The number of para-hydroxylation sites is 1. The van der Waals surface area contributed by atoms with Crippen molar-refractivity contribution >= 4 is 17.7 Å². The van der Waals surface area contributed by atoms with Crippen LogP contribution in [0.5, 0.6) is 0 Å². The quantitative estimate of drug-likeness (QED) is 0.788. The van der Waals surface area contributed by atoms with Gasteiger partial charge in [-0.05, 0) is 52.2 Å². The summed E-state index contributed by atoms with van der Waals surface area (Å²) in [7, 11) is 0. The summed E-state index contributed by atoms with van der Waals surface area (Å²) in [5.74, 6) is 0.678. The molecular weight excluding hydrogens is 318 g/mol. The largest absolute Gasteiger partial charge is 0.339 e. The Labute approximate surface area is 148 Å². The fourth-order valence-corrected chi connectivity index (χ4v) is 4.23. The van der Waals surface area contributed by atoms with Gasteiger partial charge in [-0.2, -0.15) is 0 Å². The van der Waals surface area contributed by atoms with Crippen molar-refractivity contribution in [3.63, 3.8) is 0 Å². The van der Waals surface area contributed by atoms with Gasteiger partial charge in [0.25, 0.3) is 0 Å². The summed E-state index contributed by atoms with van der Waals surface area (Å²) < 4.78 is 2.15. The average Bonchev–Trinajstić information content (AvgIpc) is 2.88. The number of hydrogen-bond donors (Lipinski definition) is 0. The minimum absolute atomic E-state index is 0.227. The molecule has 0 saturated carbocycles. The molecule has 2 aromatic rings. The van der Waals surface area contributed by atoms with E-state index >= 15 is 0 Å². The Hall–Kier alpha value is -1.75. The van der Waals surface area contributed by atoms with Crippen LogP contribution in [-0.2, 0) is 4.79 Å². The number of likely N-dealkylation sites (tertiary alicyclic amines) is 1. The summed E-state index contributed by atoms with van der Waals surface area (Å²) in [5, 5.41) is 0.897. The van der Waals surface area contributed by atoms with Crippen LogP contribution in [0.4, 0.5) is 0 Å². The van der Waals surface area contributed by atoms with Gasteiger partial charge in [0, 0.05) is 24.0 Å². The number of rotatable bonds is 4. The maximum atomic E-state index is 12.6. The van der Waals surface area contributed by atoms with Crippen molar-refractivity contribution in [1.29, 1.82) is 0 Å². The van der Waals surface area contributed by atoms with Crippen LogP contribution in [0.15, 0.2) is 35.5 Å². The molecule has 0 aliphatic carbocycles. The number of imidazole rings is 1. The summed E-state index contributed by atoms with van der Waals surface area (Å²) in [6.07, 6.45) is 3.47. The van der Waals surface area contributed by atoms with Crippen LogP contribution in [-0.4, -0.2) is 38.7 Å². The highest BCUT2D eigenvalue weighted by molar-refractivity contribution is 7.99. The van der Waals surface area contributed by atoms with E-state index in [1.54, 1.807) is 11.8 Å². The Morgan fingerprint density at radius 2 is 2.00 bits per heavy atom. The van der Waals surface area contributed by atoms with Crippen LogP contribution in [0.2, 0.25) is 0 Å². The van der Waals surface area contributed by atoms with Gasteiger partial charge in [-0.25, -0.2) is 4.98 Å². The lowest BCUT2D eigenvalue weighted by molar-refractivity contribution is -0.131. The highest BCUT2D eigenvalue weighted by Crippen LogP contribution is 2.26. The zero-order valence-corrected chi connectivity index (χ0v) is 15.5. The molecule has 5 heteroatoms. The minimum Gasteiger partial charge on any atom is -0.339 e. The highest BCUT2D eigenvalue weighted by Gasteiger charge is 2.24. The van der Waals surface area contributed by atoms with Gasteiger partial charge in [0.05, 0.1) is 11.4 Å². The Morgan fingerprint density at radius 1 is 1.25 bits per heavy atom. The summed E-state index contributed by atoms with van der Waals surface area (Å²) in [5.41, 5.74) is 3.24. The standard InChI is InChI=1S/C19H25N3OS/c1-14-9-7-8-12-21(14)18(23)13-24-19-20-15(2)16(3)22(19)17-10-5-4-6-11-17/h4-6,10-11,14H,7-9,12-13H2,1-3H3. The maximum Gasteiger partial charge on any atom is 0.233 e. The highest BCUT2D eigenvalue weighted by atomic mass is 32.2. The second-order valence-corrected chi connectivity index (χ2v) is 7.40. The lowest BCUT2D eigenvalue weighted by Gasteiger charge is -2.33. The molecular formula is C19H25N3OS. The van der Waals surface area contributed by atoms with Crippen molar-refractivity contribution in [1.82, 2.24) is 14.5 Å². The molecule has 0 radical (unpaired) electrons. The van der Waals surface area contributed by atoms with E-state index in [4.69, 9.17) is 0 Å². The summed E-state index contributed by atoms with van der Waals surface area (Å²) in [6.45, 7) is 7.15. The van der Waals surface area contributed by atoms with Crippen molar-refractivity contribution in [3.05, 3.63) is 41.7 Å². The number of amides is 1. The molecule has 128 valence electrons. The number of nitrogens with zero attached hydrogens (tertiary/aromatic N) is 3. The minimum atomic E-state index is 0.227. The van der Waals surface area contributed by atoms with Crippen molar-refractivity contribution in [2.45, 2.75) is 51.2 Å². The average molecular weight is 343 g/mol. The molecule has 1 saturated heterocycles. The van der Waals surface area contributed by atoms with Crippen molar-refractivity contribution < 1.29 is 4.79 Å². The van der Waals surface area contributed by atoms with Crippen LogP contribution in [0.25, 0.3) is 5.69 Å². The van der Waals surface area contributed by atoms with E-state index in [2.05, 4.69) is 35.5 Å². The number of benzene rings is 1. The molecule has 1 unspecified atom stereocenters. The predicted molar refractivity (Wildman–Crippen MR) is 98.8 cm³/mol. The molecule has 4 nitrogen and oxygen atoms in total. The Bertz CT molecular complexity index is 711. The topological polar surface area (TPSA) is 38.1 Å².